The number of hydrogen-bond acceptors (Lipinski definition) is 5. The monoisotopic (exact) mass is 646 g/mol. The molecule has 7 heteroatoms. The van der Waals surface area contributed by atoms with Gasteiger partial charge in [0.05, 0.1) is 40.8 Å². The summed E-state index contributed by atoms with van der Waals surface area (Å²) in [6, 6.07) is 0. The van der Waals surface area contributed by atoms with E-state index in [4.69, 9.17) is 9.05 Å². The molecule has 0 aromatic carbocycles. The van der Waals surface area contributed by atoms with Gasteiger partial charge in [-0.1, -0.05) is 137 Å². The molecule has 0 bridgehead atoms. The highest BCUT2D eigenvalue weighted by Gasteiger charge is 2.19. The molecule has 0 saturated carbocycles. The normalized spacial score (nSPS) is 14.7. The minimum atomic E-state index is -4.14. The summed E-state index contributed by atoms with van der Waals surface area (Å²) in [6.45, 7) is 11.2. The zero-order valence-corrected chi connectivity index (χ0v) is 31.6. The largest absolute Gasteiger partial charge is 0.756 e. The standard InChI is InChI=1S/C21H42NO.C16H35O4P/c1-5-6-7-8-9-10-11-12-13-14-15-16-17-18-19-20-21(23)22(2,3)4;1-5-9-11-15(7-3)13-19-21(17,18)20-14-16(8-4)12-10-6-2/h12-13H,5-11,14-20H2,1-4H3;15-16H,5-14H2,1-4H3,(H,17,18)/q+1;/p-1/b13-12-;. The second-order valence-electron chi connectivity index (χ2n) is 13.6. The second kappa shape index (κ2) is 31.1. The van der Waals surface area contributed by atoms with Crippen LogP contribution >= 0.6 is 7.82 Å². The van der Waals surface area contributed by atoms with Crippen LogP contribution in [0.5, 0.6) is 0 Å². The zero-order chi connectivity index (χ0) is 33.5. The van der Waals surface area contributed by atoms with Crippen molar-refractivity contribution in [3.8, 4) is 0 Å². The predicted octanol–water partition coefficient (Wildman–Crippen LogP) is 11.2. The van der Waals surface area contributed by atoms with Crippen molar-refractivity contribution in [2.45, 2.75) is 176 Å². The lowest BCUT2D eigenvalue weighted by Gasteiger charge is -2.27. The number of carbonyl (C=O) groups is 1. The van der Waals surface area contributed by atoms with Crippen molar-refractivity contribution >= 4 is 13.7 Å². The number of amides is 1. The van der Waals surface area contributed by atoms with E-state index in [0.717, 1.165) is 64.2 Å². The van der Waals surface area contributed by atoms with Gasteiger partial charge in [0.1, 0.15) is 0 Å². The van der Waals surface area contributed by atoms with Crippen LogP contribution in [0.1, 0.15) is 176 Å². The molecule has 0 spiro atoms. The highest BCUT2D eigenvalue weighted by atomic mass is 31.2. The first-order valence-corrected chi connectivity index (χ1v) is 20.0. The van der Waals surface area contributed by atoms with Crippen molar-refractivity contribution in [3.63, 3.8) is 0 Å². The molecule has 0 aromatic rings. The fourth-order valence-electron chi connectivity index (χ4n) is 4.91. The van der Waals surface area contributed by atoms with E-state index < -0.39 is 7.82 Å². The molecular formula is C37H76NO5P. The summed E-state index contributed by atoms with van der Waals surface area (Å²) >= 11 is 0. The van der Waals surface area contributed by atoms with E-state index in [-0.39, 0.29) is 13.2 Å². The SMILES string of the molecule is CCCCC(CC)COP(=O)([O-])OCC(CC)CCCC.CCCCCCCC/C=C\CCCCCCCC(=O)[N+](C)(C)C. The van der Waals surface area contributed by atoms with Crippen molar-refractivity contribution in [2.24, 2.45) is 11.8 Å². The highest BCUT2D eigenvalue weighted by Crippen LogP contribution is 2.40. The number of phosphoric ester groups is 1. The van der Waals surface area contributed by atoms with E-state index in [1.165, 1.54) is 77.0 Å². The van der Waals surface area contributed by atoms with Gasteiger partial charge in [-0.05, 0) is 56.8 Å². The van der Waals surface area contributed by atoms with Gasteiger partial charge in [-0.25, -0.2) is 4.79 Å². The van der Waals surface area contributed by atoms with Crippen molar-refractivity contribution in [1.82, 2.24) is 0 Å². The molecule has 6 nitrogen and oxygen atoms in total. The Morgan fingerprint density at radius 2 is 1.02 bits per heavy atom. The minimum absolute atomic E-state index is 0.253. The molecule has 0 heterocycles. The van der Waals surface area contributed by atoms with Crippen LogP contribution in [0.3, 0.4) is 0 Å². The lowest BCUT2D eigenvalue weighted by atomic mass is 10.0. The van der Waals surface area contributed by atoms with Crippen LogP contribution in [0, 0.1) is 11.8 Å². The Hall–Kier alpha value is -0.520. The van der Waals surface area contributed by atoms with Gasteiger partial charge >= 0.3 is 5.91 Å². The van der Waals surface area contributed by atoms with Crippen LogP contribution in [-0.2, 0) is 18.4 Å². The van der Waals surface area contributed by atoms with E-state index in [2.05, 4.69) is 46.8 Å². The van der Waals surface area contributed by atoms with Gasteiger partial charge in [0.15, 0.2) is 0 Å². The average molecular weight is 646 g/mol. The maximum atomic E-state index is 11.8. The van der Waals surface area contributed by atoms with Crippen LogP contribution < -0.4 is 4.89 Å². The molecule has 0 N–H and O–H groups in total. The summed E-state index contributed by atoms with van der Waals surface area (Å²) < 4.78 is 22.4. The fourth-order valence-corrected chi connectivity index (χ4v) is 5.77. The van der Waals surface area contributed by atoms with E-state index in [0.29, 0.717) is 22.2 Å². The first kappa shape index (κ1) is 45.6. The lowest BCUT2D eigenvalue weighted by Crippen LogP contribution is -2.40. The Morgan fingerprint density at radius 1 is 0.636 bits per heavy atom. The Morgan fingerprint density at radius 3 is 1.41 bits per heavy atom. The second-order valence-corrected chi connectivity index (χ2v) is 15.0. The third-order valence-corrected chi connectivity index (χ3v) is 9.35. The molecule has 2 atom stereocenters. The Kier molecular flexibility index (Phi) is 32.2. The van der Waals surface area contributed by atoms with Crippen LogP contribution in [-0.4, -0.2) is 44.7 Å². The smallest absolute Gasteiger partial charge is 0.313 e. The molecule has 1 amide bonds. The number of rotatable bonds is 29. The van der Waals surface area contributed by atoms with Gasteiger partial charge in [0.25, 0.3) is 7.82 Å². The van der Waals surface area contributed by atoms with E-state index in [9.17, 15) is 14.3 Å². The van der Waals surface area contributed by atoms with E-state index in [1.807, 2.05) is 21.1 Å². The molecule has 44 heavy (non-hydrogen) atoms. The third-order valence-electron chi connectivity index (χ3n) is 8.42. The molecular weight excluding hydrogens is 569 g/mol. The molecule has 264 valence electrons. The molecule has 0 rings (SSSR count). The number of carbonyl (C=O) groups excluding carboxylic acids is 1. The van der Waals surface area contributed by atoms with Gasteiger partial charge < -0.3 is 13.9 Å². The van der Waals surface area contributed by atoms with Gasteiger partial charge in [0, 0.05) is 0 Å². The van der Waals surface area contributed by atoms with Gasteiger partial charge in [-0.15, -0.1) is 0 Å². The Bertz CT molecular complexity index is 682. The number of hydrogen-bond donors (Lipinski definition) is 0. The number of unbranched alkanes of at least 4 members (excludes halogenated alkanes) is 13. The summed E-state index contributed by atoms with van der Waals surface area (Å²) in [5, 5.41) is 0. The van der Waals surface area contributed by atoms with Crippen LogP contribution in [0.4, 0.5) is 0 Å². The molecule has 0 aliphatic heterocycles. The third kappa shape index (κ3) is 31.5. The zero-order valence-electron chi connectivity index (χ0n) is 30.7. The van der Waals surface area contributed by atoms with Gasteiger partial charge in [-0.2, -0.15) is 0 Å². The minimum Gasteiger partial charge on any atom is -0.756 e. The molecule has 0 fully saturated rings. The Balaban J connectivity index is 0. The average Bonchev–Trinajstić information content (AvgIpc) is 2.99. The van der Waals surface area contributed by atoms with Gasteiger partial charge in [0.2, 0.25) is 0 Å². The first-order chi connectivity index (χ1) is 21.0. The summed E-state index contributed by atoms with van der Waals surface area (Å²) in [4.78, 5) is 23.6. The highest BCUT2D eigenvalue weighted by molar-refractivity contribution is 7.45. The molecule has 0 aromatic heterocycles. The predicted molar refractivity (Wildman–Crippen MR) is 189 cm³/mol. The summed E-state index contributed by atoms with van der Waals surface area (Å²) in [7, 11) is 1.73. The van der Waals surface area contributed by atoms with E-state index >= 15 is 0 Å². The Labute approximate surface area is 275 Å². The quantitative estimate of drug-likeness (QED) is 0.0350. The van der Waals surface area contributed by atoms with Crippen LogP contribution in [0.25, 0.3) is 0 Å². The molecule has 2 unspecified atom stereocenters. The first-order valence-electron chi connectivity index (χ1n) is 18.6. The van der Waals surface area contributed by atoms with Crippen molar-refractivity contribution in [2.75, 3.05) is 34.4 Å². The van der Waals surface area contributed by atoms with E-state index in [1.54, 1.807) is 0 Å². The maximum Gasteiger partial charge on any atom is 0.313 e. The van der Waals surface area contributed by atoms with Crippen molar-refractivity contribution in [3.05, 3.63) is 12.2 Å². The number of allylic oxidation sites excluding steroid dienone is 2. The molecule has 0 aliphatic rings. The van der Waals surface area contributed by atoms with Crippen LogP contribution in [0.2, 0.25) is 0 Å². The summed E-state index contributed by atoms with van der Waals surface area (Å²) in [5.74, 6) is 0.957. The summed E-state index contributed by atoms with van der Waals surface area (Å²) in [5.41, 5.74) is 0. The number of quaternary nitrogens is 1. The van der Waals surface area contributed by atoms with Gasteiger partial charge in [-0.3, -0.25) is 9.05 Å². The van der Waals surface area contributed by atoms with Crippen molar-refractivity contribution < 1.29 is 27.8 Å². The molecule has 0 saturated heterocycles. The lowest BCUT2D eigenvalue weighted by molar-refractivity contribution is -0.792. The number of nitrogens with zero attached hydrogens (tertiary/aromatic N) is 1. The number of phosphoric acid groups is 1. The van der Waals surface area contributed by atoms with Crippen molar-refractivity contribution in [1.29, 1.82) is 0 Å². The topological polar surface area (TPSA) is 75.7 Å². The molecule has 0 aliphatic carbocycles. The summed E-state index contributed by atoms with van der Waals surface area (Å²) in [6.07, 6.45) is 30.8. The fraction of sp³-hybridized carbons (Fsp3) is 0.919. The van der Waals surface area contributed by atoms with Crippen LogP contribution in [0.15, 0.2) is 12.2 Å². The maximum absolute atomic E-state index is 11.8. The molecule has 0 radical (unpaired) electrons.